The van der Waals surface area contributed by atoms with Crippen molar-refractivity contribution in [2.45, 2.75) is 25.7 Å². The van der Waals surface area contributed by atoms with Crippen LogP contribution in [0.5, 0.6) is 5.75 Å². The molecule has 1 saturated heterocycles. The van der Waals surface area contributed by atoms with E-state index < -0.39 is 34.8 Å². The van der Waals surface area contributed by atoms with Crippen LogP contribution in [0, 0.1) is 0 Å². The van der Waals surface area contributed by atoms with Crippen molar-refractivity contribution in [3.05, 3.63) is 58.1 Å². The molecule has 13 heteroatoms. The Balaban J connectivity index is 1.74. The number of nitrogens with one attached hydrogen (secondary N) is 1. The molecule has 8 nitrogen and oxygen atoms in total. The SMILES string of the molecule is CNC(=O)N1N=C(c2ccc(N3CCS(O)(O)CC3)cc2)c2cc(Cl)c(OC(F)(F)F)cc2CC1C. The molecular formula is C23H26ClF3N4O4S. The molecule has 2 amide bonds. The van der Waals surface area contributed by atoms with Crippen molar-refractivity contribution in [3.8, 4) is 5.75 Å². The van der Waals surface area contributed by atoms with E-state index in [0.29, 0.717) is 47.0 Å². The Kier molecular flexibility index (Phi) is 7.33. The van der Waals surface area contributed by atoms with Gasteiger partial charge in [-0.25, -0.2) is 9.80 Å². The lowest BCUT2D eigenvalue weighted by Gasteiger charge is -2.41. The van der Waals surface area contributed by atoms with Crippen LogP contribution in [0.3, 0.4) is 0 Å². The molecule has 2 aromatic carbocycles. The average Bonchev–Trinajstić information content (AvgIpc) is 2.94. The number of nitrogens with zero attached hydrogens (tertiary/aromatic N) is 3. The van der Waals surface area contributed by atoms with Crippen molar-refractivity contribution in [2.75, 3.05) is 36.5 Å². The molecule has 4 rings (SSSR count). The van der Waals surface area contributed by atoms with Crippen LogP contribution in [0.1, 0.15) is 23.6 Å². The van der Waals surface area contributed by atoms with Crippen LogP contribution >= 0.6 is 22.2 Å². The van der Waals surface area contributed by atoms with E-state index in [9.17, 15) is 27.1 Å². The Hall–Kier alpha value is -2.67. The third kappa shape index (κ3) is 5.83. The number of hydrazone groups is 1. The highest BCUT2D eigenvalue weighted by Gasteiger charge is 2.34. The van der Waals surface area contributed by atoms with E-state index in [4.69, 9.17) is 11.6 Å². The van der Waals surface area contributed by atoms with Crippen molar-refractivity contribution in [3.63, 3.8) is 0 Å². The molecule has 0 aliphatic carbocycles. The molecule has 0 aromatic heterocycles. The predicted molar refractivity (Wildman–Crippen MR) is 134 cm³/mol. The molecular weight excluding hydrogens is 521 g/mol. The van der Waals surface area contributed by atoms with Crippen LogP contribution in [0.2, 0.25) is 5.02 Å². The molecule has 1 fully saturated rings. The fourth-order valence-electron chi connectivity index (χ4n) is 4.24. The van der Waals surface area contributed by atoms with E-state index in [1.54, 1.807) is 19.1 Å². The van der Waals surface area contributed by atoms with Gasteiger partial charge in [-0.1, -0.05) is 23.7 Å². The zero-order chi connectivity index (χ0) is 26.3. The minimum absolute atomic E-state index is 0.222. The number of urea groups is 1. The van der Waals surface area contributed by atoms with Gasteiger partial charge in [-0.05, 0) is 43.2 Å². The normalized spacial score (nSPS) is 20.7. The number of rotatable bonds is 3. The summed E-state index contributed by atoms with van der Waals surface area (Å²) in [5.74, 6) is 0.0813. The minimum atomic E-state index is -4.91. The zero-order valence-corrected chi connectivity index (χ0v) is 21.1. The van der Waals surface area contributed by atoms with Gasteiger partial charge in [0.25, 0.3) is 0 Å². The third-order valence-corrected chi connectivity index (χ3v) is 8.05. The summed E-state index contributed by atoms with van der Waals surface area (Å²) in [5.41, 5.74) is 2.88. The molecule has 2 heterocycles. The molecule has 0 radical (unpaired) electrons. The van der Waals surface area contributed by atoms with Crippen LogP contribution in [-0.2, 0) is 6.42 Å². The molecule has 2 aliphatic heterocycles. The number of ether oxygens (including phenoxy) is 1. The van der Waals surface area contributed by atoms with Gasteiger partial charge < -0.3 is 15.0 Å². The first-order valence-electron chi connectivity index (χ1n) is 11.1. The van der Waals surface area contributed by atoms with E-state index >= 15 is 0 Å². The Morgan fingerprint density at radius 2 is 1.83 bits per heavy atom. The second-order valence-corrected chi connectivity index (χ2v) is 11.5. The van der Waals surface area contributed by atoms with Crippen molar-refractivity contribution in [2.24, 2.45) is 5.10 Å². The Morgan fingerprint density at radius 1 is 1.19 bits per heavy atom. The summed E-state index contributed by atoms with van der Waals surface area (Å²) in [6.45, 7) is 2.75. The predicted octanol–water partition coefficient (Wildman–Crippen LogP) is 5.15. The number of hydrogen-bond acceptors (Lipinski definition) is 6. The van der Waals surface area contributed by atoms with Crippen LogP contribution in [-0.4, -0.2) is 69.9 Å². The first-order valence-corrected chi connectivity index (χ1v) is 13.4. The topological polar surface area (TPSA) is 97.6 Å². The van der Waals surface area contributed by atoms with Gasteiger partial charge in [0.05, 0.1) is 28.3 Å². The van der Waals surface area contributed by atoms with Gasteiger partial charge in [-0.15, -0.1) is 13.2 Å². The van der Waals surface area contributed by atoms with Crippen molar-refractivity contribution >= 4 is 39.6 Å². The molecule has 0 bridgehead atoms. The Labute approximate surface area is 213 Å². The lowest BCUT2D eigenvalue weighted by molar-refractivity contribution is -0.274. The van der Waals surface area contributed by atoms with Gasteiger partial charge in [-0.2, -0.15) is 15.7 Å². The summed E-state index contributed by atoms with van der Waals surface area (Å²) < 4.78 is 62.5. The summed E-state index contributed by atoms with van der Waals surface area (Å²) >= 11 is 6.17. The smallest absolute Gasteiger partial charge is 0.404 e. The molecule has 1 atom stereocenters. The summed E-state index contributed by atoms with van der Waals surface area (Å²) in [5, 5.41) is 8.15. The van der Waals surface area contributed by atoms with E-state index in [1.165, 1.54) is 24.2 Å². The molecule has 0 saturated carbocycles. The first kappa shape index (κ1) is 26.4. The fourth-order valence-corrected chi connectivity index (χ4v) is 5.67. The highest BCUT2D eigenvalue weighted by molar-refractivity contribution is 8.24. The number of halogens is 4. The third-order valence-electron chi connectivity index (χ3n) is 6.08. The number of amides is 2. The van der Waals surface area contributed by atoms with Gasteiger partial charge in [0.15, 0.2) is 0 Å². The second kappa shape index (κ2) is 10.0. The van der Waals surface area contributed by atoms with Gasteiger partial charge in [0, 0.05) is 37.0 Å². The number of fused-ring (bicyclic) bond motifs is 1. The lowest BCUT2D eigenvalue weighted by atomic mass is 9.94. The summed E-state index contributed by atoms with van der Waals surface area (Å²) in [4.78, 5) is 14.6. The van der Waals surface area contributed by atoms with Crippen molar-refractivity contribution < 1.29 is 31.8 Å². The Bertz CT molecular complexity index is 1170. The number of carbonyl (C=O) groups is 1. The highest BCUT2D eigenvalue weighted by Crippen LogP contribution is 2.41. The zero-order valence-electron chi connectivity index (χ0n) is 19.5. The maximum atomic E-state index is 12.9. The van der Waals surface area contributed by atoms with Crippen LogP contribution < -0.4 is 15.0 Å². The number of hydrogen-bond donors (Lipinski definition) is 3. The molecule has 0 spiro atoms. The summed E-state index contributed by atoms with van der Waals surface area (Å²) in [6, 6.07) is 9.01. The monoisotopic (exact) mass is 546 g/mol. The molecule has 196 valence electrons. The maximum Gasteiger partial charge on any atom is 0.573 e. The standard InChI is InChI=1S/C23H26ClF3N4O4S/c1-14-11-16-12-20(35-23(25,26)27)19(24)13-18(16)21(29-31(14)22(32)28-2)15-3-5-17(6-4-15)30-7-9-36(33,34)10-8-30/h3-6,12-14,33-34H,7-11H2,1-2H3,(H,28,32). The van der Waals surface area contributed by atoms with E-state index in [1.807, 2.05) is 17.0 Å². The molecule has 2 aromatic rings. The maximum absolute atomic E-state index is 12.9. The van der Waals surface area contributed by atoms with E-state index in [0.717, 1.165) is 5.69 Å². The molecule has 1 unspecified atom stereocenters. The molecule has 3 N–H and O–H groups in total. The van der Waals surface area contributed by atoms with Crippen molar-refractivity contribution in [1.29, 1.82) is 0 Å². The van der Waals surface area contributed by atoms with E-state index in [-0.39, 0.29) is 11.4 Å². The molecule has 36 heavy (non-hydrogen) atoms. The van der Waals surface area contributed by atoms with Gasteiger partial charge in [-0.3, -0.25) is 9.11 Å². The summed E-state index contributed by atoms with van der Waals surface area (Å²) in [7, 11) is -1.06. The van der Waals surface area contributed by atoms with Crippen LogP contribution in [0.4, 0.5) is 23.7 Å². The lowest BCUT2D eigenvalue weighted by Crippen LogP contribution is -2.41. The Morgan fingerprint density at radius 3 is 2.42 bits per heavy atom. The van der Waals surface area contributed by atoms with Gasteiger partial charge in [0.1, 0.15) is 5.75 Å². The second-order valence-electron chi connectivity index (χ2n) is 8.63. The first-order chi connectivity index (χ1) is 16.9. The summed E-state index contributed by atoms with van der Waals surface area (Å²) in [6.07, 6.45) is -4.68. The highest BCUT2D eigenvalue weighted by atomic mass is 35.5. The number of anilines is 1. The number of alkyl halides is 3. The fraction of sp³-hybridized carbons (Fsp3) is 0.391. The minimum Gasteiger partial charge on any atom is -0.404 e. The van der Waals surface area contributed by atoms with Crippen molar-refractivity contribution in [1.82, 2.24) is 10.3 Å². The molecule has 2 aliphatic rings. The van der Waals surface area contributed by atoms with E-state index in [2.05, 4.69) is 15.2 Å². The largest absolute Gasteiger partial charge is 0.573 e. The van der Waals surface area contributed by atoms with Crippen LogP contribution in [0.25, 0.3) is 0 Å². The quantitative estimate of drug-likeness (QED) is 0.495. The average molecular weight is 547 g/mol. The number of benzene rings is 2. The number of carbonyl (C=O) groups excluding carboxylic acids is 1. The van der Waals surface area contributed by atoms with Gasteiger partial charge >= 0.3 is 12.4 Å². The van der Waals surface area contributed by atoms with Crippen LogP contribution in [0.15, 0.2) is 41.5 Å². The van der Waals surface area contributed by atoms with Gasteiger partial charge in [0.2, 0.25) is 0 Å².